The number of carbonyl (C=O) groups is 2. The molecule has 1 fully saturated rings. The highest BCUT2D eigenvalue weighted by Crippen LogP contribution is 2.35. The van der Waals surface area contributed by atoms with Crippen molar-refractivity contribution in [3.05, 3.63) is 46.2 Å². The molecule has 3 aliphatic rings. The average molecular weight is 569 g/mol. The van der Waals surface area contributed by atoms with Crippen molar-refractivity contribution in [2.24, 2.45) is 0 Å². The number of hydrazine groups is 1. The van der Waals surface area contributed by atoms with E-state index >= 15 is 0 Å². The molecule has 40 heavy (non-hydrogen) atoms. The van der Waals surface area contributed by atoms with Crippen LogP contribution < -0.4 is 46.0 Å². The molecule has 6 rings (SSSR count). The van der Waals surface area contributed by atoms with Crippen LogP contribution in [-0.4, -0.2) is 52.9 Å². The lowest BCUT2D eigenvalue weighted by Gasteiger charge is -2.15. The van der Waals surface area contributed by atoms with Crippen LogP contribution in [0.3, 0.4) is 0 Å². The number of aromatic nitrogens is 2. The van der Waals surface area contributed by atoms with Crippen molar-refractivity contribution in [1.82, 2.24) is 31.0 Å². The van der Waals surface area contributed by atoms with Crippen LogP contribution in [0.15, 0.2) is 40.3 Å². The van der Waals surface area contributed by atoms with Gasteiger partial charge in [0.1, 0.15) is 0 Å². The Morgan fingerprint density at radius 1 is 1.02 bits per heavy atom. The topological polar surface area (TPSA) is 154 Å². The molecule has 0 bridgehead atoms. The molecule has 4 heterocycles. The first kappa shape index (κ1) is 26.2. The summed E-state index contributed by atoms with van der Waals surface area (Å²) in [6, 6.07) is 8.98. The van der Waals surface area contributed by atoms with Crippen LogP contribution in [0.25, 0.3) is 10.9 Å². The summed E-state index contributed by atoms with van der Waals surface area (Å²) in [7, 11) is 0. The molecule has 2 amide bonds. The highest BCUT2D eigenvalue weighted by atomic mass is 32.2. The molecule has 1 saturated heterocycles. The van der Waals surface area contributed by atoms with Gasteiger partial charge < -0.3 is 29.6 Å². The normalized spacial score (nSPS) is 18.7. The Kier molecular flexibility index (Phi) is 7.36. The van der Waals surface area contributed by atoms with Gasteiger partial charge in [0, 0.05) is 31.6 Å². The van der Waals surface area contributed by atoms with Gasteiger partial charge >= 0.3 is 0 Å². The van der Waals surface area contributed by atoms with Gasteiger partial charge in [0.25, 0.3) is 5.56 Å². The fraction of sp³-hybridized carbons (Fsp3) is 0.385. The van der Waals surface area contributed by atoms with Gasteiger partial charge in [-0.15, -0.1) is 0 Å². The molecule has 1 aromatic heterocycles. The first-order valence-electron chi connectivity index (χ1n) is 12.9. The number of thioether (sulfide) groups is 1. The second kappa shape index (κ2) is 11.2. The van der Waals surface area contributed by atoms with E-state index in [9.17, 15) is 14.4 Å². The standard InChI is InChI=1S/C26H28N6O7S/c1-14-6-22(31-30-14)29-24(34)11-40-26-28-17-9-21-20(38-13-39-21)8-16(17)25(35)32(26)5-4-23(33)27-10-15-2-3-18-19(7-15)37-12-36-18/h2-3,7-9,14,22,30-31H,4-6,10-13H2,1H3,(H,27,33)(H,29,34). The number of fused-ring (bicyclic) bond motifs is 3. The van der Waals surface area contributed by atoms with Crippen molar-refractivity contribution in [2.75, 3.05) is 19.3 Å². The zero-order chi connectivity index (χ0) is 27.6. The number of ether oxygens (including phenoxy) is 4. The van der Waals surface area contributed by atoms with Crippen molar-refractivity contribution in [2.45, 2.75) is 50.2 Å². The maximum absolute atomic E-state index is 13.5. The zero-order valence-electron chi connectivity index (χ0n) is 21.7. The number of carbonyl (C=O) groups excluding carboxylic acids is 2. The molecule has 2 aromatic carbocycles. The molecule has 2 unspecified atom stereocenters. The van der Waals surface area contributed by atoms with E-state index in [-0.39, 0.29) is 61.9 Å². The predicted molar refractivity (Wildman–Crippen MR) is 144 cm³/mol. The van der Waals surface area contributed by atoms with Crippen molar-refractivity contribution < 1.29 is 28.5 Å². The Hall–Kier alpha value is -4.01. The molecule has 0 spiro atoms. The minimum Gasteiger partial charge on any atom is -0.454 e. The summed E-state index contributed by atoms with van der Waals surface area (Å²) >= 11 is 1.14. The SMILES string of the molecule is CC1CC(NC(=O)CSc2nc3cc4c(cc3c(=O)n2CCC(=O)NCc2ccc3c(c2)OCO3)OCO4)NN1. The molecule has 14 heteroatoms. The van der Waals surface area contributed by atoms with Crippen molar-refractivity contribution >= 4 is 34.5 Å². The maximum atomic E-state index is 13.5. The molecule has 3 aromatic rings. The van der Waals surface area contributed by atoms with Gasteiger partial charge in [-0.1, -0.05) is 17.8 Å². The molecule has 2 atom stereocenters. The minimum atomic E-state index is -0.328. The molecule has 210 valence electrons. The van der Waals surface area contributed by atoms with Crippen LogP contribution in [0.1, 0.15) is 25.3 Å². The number of hydrogen-bond donors (Lipinski definition) is 4. The van der Waals surface area contributed by atoms with E-state index in [0.29, 0.717) is 45.6 Å². The van der Waals surface area contributed by atoms with E-state index in [4.69, 9.17) is 18.9 Å². The number of rotatable bonds is 9. The quantitative estimate of drug-likeness (QED) is 0.216. The Balaban J connectivity index is 1.16. The van der Waals surface area contributed by atoms with Crippen molar-refractivity contribution in [3.8, 4) is 23.0 Å². The lowest BCUT2D eigenvalue weighted by atomic mass is 10.2. The van der Waals surface area contributed by atoms with Gasteiger partial charge in [-0.2, -0.15) is 0 Å². The molecule has 0 aliphatic carbocycles. The highest BCUT2D eigenvalue weighted by Gasteiger charge is 2.23. The van der Waals surface area contributed by atoms with Gasteiger partial charge in [-0.25, -0.2) is 10.4 Å². The van der Waals surface area contributed by atoms with Crippen LogP contribution in [0, 0.1) is 0 Å². The Morgan fingerprint density at radius 2 is 1.77 bits per heavy atom. The molecule has 0 saturated carbocycles. The molecular weight excluding hydrogens is 540 g/mol. The number of benzene rings is 2. The Bertz CT molecular complexity index is 1530. The predicted octanol–water partition coefficient (Wildman–Crippen LogP) is 0.981. The van der Waals surface area contributed by atoms with E-state index in [1.54, 1.807) is 18.2 Å². The van der Waals surface area contributed by atoms with E-state index in [0.717, 1.165) is 23.7 Å². The van der Waals surface area contributed by atoms with Gasteiger partial charge in [0.15, 0.2) is 28.2 Å². The van der Waals surface area contributed by atoms with Gasteiger partial charge in [-0.3, -0.25) is 24.4 Å². The van der Waals surface area contributed by atoms with E-state index in [1.807, 2.05) is 19.1 Å². The number of amides is 2. The van der Waals surface area contributed by atoms with Crippen LogP contribution in [0.5, 0.6) is 23.0 Å². The largest absolute Gasteiger partial charge is 0.454 e. The first-order chi connectivity index (χ1) is 19.4. The van der Waals surface area contributed by atoms with E-state index in [2.05, 4.69) is 26.5 Å². The average Bonchev–Trinajstić information content (AvgIpc) is 3.70. The fourth-order valence-corrected chi connectivity index (χ4v) is 5.46. The number of nitrogens with zero attached hydrogens (tertiary/aromatic N) is 2. The number of nitrogens with one attached hydrogen (secondary N) is 4. The van der Waals surface area contributed by atoms with Gasteiger partial charge in [-0.05, 0) is 37.1 Å². The second-order valence-electron chi connectivity index (χ2n) is 9.62. The zero-order valence-corrected chi connectivity index (χ0v) is 22.5. The number of hydrogen-bond acceptors (Lipinski definition) is 11. The summed E-state index contributed by atoms with van der Waals surface area (Å²) in [4.78, 5) is 43.5. The minimum absolute atomic E-state index is 0.0392. The third kappa shape index (κ3) is 5.64. The van der Waals surface area contributed by atoms with E-state index in [1.165, 1.54) is 4.57 Å². The summed E-state index contributed by atoms with van der Waals surface area (Å²) in [5.41, 5.74) is 7.05. The molecule has 0 radical (unpaired) electrons. The van der Waals surface area contributed by atoms with Crippen LogP contribution in [0.2, 0.25) is 0 Å². The van der Waals surface area contributed by atoms with Gasteiger partial charge in [0.05, 0.1) is 22.8 Å². The summed E-state index contributed by atoms with van der Waals surface area (Å²) in [5.74, 6) is 1.89. The summed E-state index contributed by atoms with van der Waals surface area (Å²) in [6.45, 7) is 2.64. The van der Waals surface area contributed by atoms with Gasteiger partial charge in [0.2, 0.25) is 25.4 Å². The Morgan fingerprint density at radius 3 is 2.55 bits per heavy atom. The van der Waals surface area contributed by atoms with Crippen molar-refractivity contribution in [1.29, 1.82) is 0 Å². The third-order valence-electron chi connectivity index (χ3n) is 6.66. The molecule has 4 N–H and O–H groups in total. The highest BCUT2D eigenvalue weighted by molar-refractivity contribution is 7.99. The summed E-state index contributed by atoms with van der Waals surface area (Å²) < 4.78 is 23.0. The Labute approximate surface area is 232 Å². The second-order valence-corrected chi connectivity index (χ2v) is 10.6. The lowest BCUT2D eigenvalue weighted by Crippen LogP contribution is -2.45. The third-order valence-corrected chi connectivity index (χ3v) is 7.64. The smallest absolute Gasteiger partial charge is 0.262 e. The van der Waals surface area contributed by atoms with Crippen LogP contribution in [-0.2, 0) is 22.7 Å². The van der Waals surface area contributed by atoms with Crippen LogP contribution in [0.4, 0.5) is 0 Å². The monoisotopic (exact) mass is 568 g/mol. The van der Waals surface area contributed by atoms with E-state index < -0.39 is 0 Å². The van der Waals surface area contributed by atoms with Crippen molar-refractivity contribution in [3.63, 3.8) is 0 Å². The lowest BCUT2D eigenvalue weighted by molar-refractivity contribution is -0.121. The first-order valence-corrected chi connectivity index (χ1v) is 13.8. The summed E-state index contributed by atoms with van der Waals surface area (Å²) in [5, 5.41) is 6.47. The molecule has 13 nitrogen and oxygen atoms in total. The molecular formula is C26H28N6O7S. The summed E-state index contributed by atoms with van der Waals surface area (Å²) in [6.07, 6.45) is 0.615. The van der Waals surface area contributed by atoms with Crippen LogP contribution >= 0.6 is 11.8 Å². The maximum Gasteiger partial charge on any atom is 0.262 e. The fourth-order valence-electron chi connectivity index (χ4n) is 4.63. The molecule has 3 aliphatic heterocycles.